The number of amides is 2. The third kappa shape index (κ3) is 5.28. The predicted molar refractivity (Wildman–Crippen MR) is 119 cm³/mol. The second kappa shape index (κ2) is 9.90. The van der Waals surface area contributed by atoms with E-state index in [4.69, 9.17) is 4.74 Å². The van der Waals surface area contributed by atoms with Crippen LogP contribution in [0.3, 0.4) is 0 Å². The van der Waals surface area contributed by atoms with E-state index >= 15 is 0 Å². The summed E-state index contributed by atoms with van der Waals surface area (Å²) in [6, 6.07) is 18.7. The van der Waals surface area contributed by atoms with Gasteiger partial charge in [0.1, 0.15) is 6.61 Å². The molecule has 0 bridgehead atoms. The molecule has 3 rings (SSSR count). The van der Waals surface area contributed by atoms with Crippen LogP contribution in [0.1, 0.15) is 32.3 Å². The van der Waals surface area contributed by atoms with Crippen LogP contribution in [0.5, 0.6) is 0 Å². The lowest BCUT2D eigenvalue weighted by molar-refractivity contribution is -0.144. The number of benzene rings is 2. The molecule has 5 nitrogen and oxygen atoms in total. The Morgan fingerprint density at radius 3 is 2.37 bits per heavy atom. The van der Waals surface area contributed by atoms with Crippen molar-refractivity contribution in [1.29, 1.82) is 0 Å². The Hall–Kier alpha value is -2.66. The second-order valence-electron chi connectivity index (χ2n) is 8.50. The molecule has 1 atom stereocenters. The SMILES string of the molecule is COCC(=O)N1CCCC(Cc2ccc(-c3ccccc3)cc2)(C(=O)NC(C)C)C1. The van der Waals surface area contributed by atoms with Crippen molar-refractivity contribution in [3.05, 3.63) is 60.2 Å². The molecule has 2 aromatic carbocycles. The highest BCUT2D eigenvalue weighted by Gasteiger charge is 2.43. The molecule has 5 heteroatoms. The summed E-state index contributed by atoms with van der Waals surface area (Å²) < 4.78 is 5.03. The Bertz CT molecular complexity index is 848. The van der Waals surface area contributed by atoms with Crippen LogP contribution in [-0.2, 0) is 20.7 Å². The van der Waals surface area contributed by atoms with E-state index in [0.717, 1.165) is 24.0 Å². The van der Waals surface area contributed by atoms with Crippen molar-refractivity contribution in [3.8, 4) is 11.1 Å². The number of ether oxygens (including phenoxy) is 1. The Morgan fingerprint density at radius 2 is 1.73 bits per heavy atom. The maximum atomic E-state index is 13.3. The molecule has 160 valence electrons. The number of carbonyl (C=O) groups is 2. The molecule has 0 saturated carbocycles. The largest absolute Gasteiger partial charge is 0.375 e. The first-order valence-corrected chi connectivity index (χ1v) is 10.7. The molecule has 1 unspecified atom stereocenters. The van der Waals surface area contributed by atoms with Crippen LogP contribution in [0.4, 0.5) is 0 Å². The van der Waals surface area contributed by atoms with E-state index in [1.807, 2.05) is 32.0 Å². The van der Waals surface area contributed by atoms with Crippen LogP contribution in [0.25, 0.3) is 11.1 Å². The van der Waals surface area contributed by atoms with Gasteiger partial charge in [0.15, 0.2) is 0 Å². The summed E-state index contributed by atoms with van der Waals surface area (Å²) in [5.41, 5.74) is 2.81. The van der Waals surface area contributed by atoms with Gasteiger partial charge in [0.05, 0.1) is 5.41 Å². The average Bonchev–Trinajstić information content (AvgIpc) is 2.75. The first kappa shape index (κ1) is 22.0. The van der Waals surface area contributed by atoms with E-state index < -0.39 is 5.41 Å². The minimum absolute atomic E-state index is 0.0274. The molecule has 1 aliphatic heterocycles. The topological polar surface area (TPSA) is 58.6 Å². The maximum Gasteiger partial charge on any atom is 0.248 e. The molecule has 30 heavy (non-hydrogen) atoms. The van der Waals surface area contributed by atoms with E-state index in [-0.39, 0.29) is 24.5 Å². The number of hydrogen-bond acceptors (Lipinski definition) is 3. The number of carbonyl (C=O) groups excluding carboxylic acids is 2. The zero-order chi connectivity index (χ0) is 21.6. The molecule has 1 saturated heterocycles. The van der Waals surface area contributed by atoms with Gasteiger partial charge in [-0.05, 0) is 49.8 Å². The van der Waals surface area contributed by atoms with Crippen molar-refractivity contribution in [2.24, 2.45) is 5.41 Å². The number of hydrogen-bond donors (Lipinski definition) is 1. The van der Waals surface area contributed by atoms with Gasteiger partial charge < -0.3 is 15.0 Å². The number of nitrogens with zero attached hydrogens (tertiary/aromatic N) is 1. The molecule has 2 amide bonds. The zero-order valence-electron chi connectivity index (χ0n) is 18.2. The number of rotatable bonds is 7. The van der Waals surface area contributed by atoms with E-state index in [1.165, 1.54) is 12.7 Å². The molecule has 0 aromatic heterocycles. The fraction of sp³-hybridized carbons (Fsp3) is 0.440. The lowest BCUT2D eigenvalue weighted by Gasteiger charge is -2.42. The molecule has 1 heterocycles. The van der Waals surface area contributed by atoms with Crippen LogP contribution in [-0.4, -0.2) is 49.6 Å². The van der Waals surface area contributed by atoms with Crippen molar-refractivity contribution in [2.45, 2.75) is 39.2 Å². The standard InChI is InChI=1S/C25H32N2O3/c1-19(2)26-24(29)25(14-7-15-27(18-25)23(28)17-30-3)16-20-10-12-22(13-11-20)21-8-5-4-6-9-21/h4-6,8-13,19H,7,14-18H2,1-3H3,(H,26,29). The Morgan fingerprint density at radius 1 is 1.07 bits per heavy atom. The fourth-order valence-corrected chi connectivity index (χ4v) is 4.22. The van der Waals surface area contributed by atoms with Gasteiger partial charge in [-0.25, -0.2) is 0 Å². The molecule has 2 aromatic rings. The van der Waals surface area contributed by atoms with Crippen molar-refractivity contribution < 1.29 is 14.3 Å². The van der Waals surface area contributed by atoms with Crippen molar-refractivity contribution in [2.75, 3.05) is 26.8 Å². The highest BCUT2D eigenvalue weighted by molar-refractivity contribution is 5.85. The lowest BCUT2D eigenvalue weighted by atomic mass is 9.74. The first-order chi connectivity index (χ1) is 14.4. The van der Waals surface area contributed by atoms with Gasteiger partial charge in [0.2, 0.25) is 11.8 Å². The molecular weight excluding hydrogens is 376 g/mol. The average molecular weight is 409 g/mol. The maximum absolute atomic E-state index is 13.3. The van der Waals surface area contributed by atoms with Crippen molar-refractivity contribution in [3.63, 3.8) is 0 Å². The van der Waals surface area contributed by atoms with E-state index in [9.17, 15) is 9.59 Å². The Balaban J connectivity index is 1.84. The van der Waals surface area contributed by atoms with Gasteiger partial charge in [0, 0.05) is 26.2 Å². The minimum Gasteiger partial charge on any atom is -0.375 e. The van der Waals surface area contributed by atoms with Gasteiger partial charge in [-0.3, -0.25) is 9.59 Å². The quantitative estimate of drug-likeness (QED) is 0.760. The van der Waals surface area contributed by atoms with Gasteiger partial charge >= 0.3 is 0 Å². The van der Waals surface area contributed by atoms with Gasteiger partial charge in [-0.2, -0.15) is 0 Å². The van der Waals surface area contributed by atoms with Gasteiger partial charge in [-0.15, -0.1) is 0 Å². The minimum atomic E-state index is -0.625. The summed E-state index contributed by atoms with van der Waals surface area (Å²) in [6.07, 6.45) is 2.18. The molecule has 0 radical (unpaired) electrons. The monoisotopic (exact) mass is 408 g/mol. The van der Waals surface area contributed by atoms with Gasteiger partial charge in [0.25, 0.3) is 0 Å². The Labute approximate surface area is 179 Å². The molecule has 1 fully saturated rings. The van der Waals surface area contributed by atoms with Crippen LogP contribution in [0, 0.1) is 5.41 Å². The highest BCUT2D eigenvalue weighted by atomic mass is 16.5. The predicted octanol–water partition coefficient (Wildman–Crippen LogP) is 3.68. The highest BCUT2D eigenvalue weighted by Crippen LogP contribution is 2.35. The Kier molecular flexibility index (Phi) is 7.27. The summed E-state index contributed by atoms with van der Waals surface area (Å²) in [5.74, 6) is -0.0297. The number of methoxy groups -OCH3 is 1. The van der Waals surface area contributed by atoms with E-state index in [1.54, 1.807) is 4.90 Å². The van der Waals surface area contributed by atoms with Crippen molar-refractivity contribution >= 4 is 11.8 Å². The number of nitrogens with one attached hydrogen (secondary N) is 1. The summed E-state index contributed by atoms with van der Waals surface area (Å²) in [5, 5.41) is 3.09. The van der Waals surface area contributed by atoms with Crippen LogP contribution in [0.2, 0.25) is 0 Å². The van der Waals surface area contributed by atoms with Crippen molar-refractivity contribution in [1.82, 2.24) is 10.2 Å². The van der Waals surface area contributed by atoms with Gasteiger partial charge in [-0.1, -0.05) is 54.6 Å². The smallest absolute Gasteiger partial charge is 0.248 e. The number of piperidine rings is 1. The molecule has 0 aliphatic carbocycles. The van der Waals surface area contributed by atoms with E-state index in [2.05, 4.69) is 41.7 Å². The first-order valence-electron chi connectivity index (χ1n) is 10.7. The summed E-state index contributed by atoms with van der Waals surface area (Å²) in [6.45, 7) is 5.08. The number of likely N-dealkylation sites (tertiary alicyclic amines) is 1. The molecular formula is C25H32N2O3. The molecule has 1 N–H and O–H groups in total. The van der Waals surface area contributed by atoms with E-state index in [0.29, 0.717) is 19.5 Å². The third-order valence-electron chi connectivity index (χ3n) is 5.70. The summed E-state index contributed by atoms with van der Waals surface area (Å²) in [4.78, 5) is 27.5. The normalized spacial score (nSPS) is 19.0. The van der Waals surface area contributed by atoms with Crippen LogP contribution in [0.15, 0.2) is 54.6 Å². The second-order valence-corrected chi connectivity index (χ2v) is 8.50. The third-order valence-corrected chi connectivity index (χ3v) is 5.70. The summed E-state index contributed by atoms with van der Waals surface area (Å²) in [7, 11) is 1.52. The molecule has 0 spiro atoms. The fourth-order valence-electron chi connectivity index (χ4n) is 4.22. The molecule has 1 aliphatic rings. The summed E-state index contributed by atoms with van der Waals surface area (Å²) >= 11 is 0. The van der Waals surface area contributed by atoms with Crippen LogP contribution >= 0.6 is 0 Å². The zero-order valence-corrected chi connectivity index (χ0v) is 18.2. The van der Waals surface area contributed by atoms with Crippen LogP contribution < -0.4 is 5.32 Å². The lowest BCUT2D eigenvalue weighted by Crippen LogP contribution is -2.56.